The molecular formula is C15H17F3N2O3. The average molecular weight is 330 g/mol. The number of carbonyl (C=O) groups excluding carboxylic acids is 2. The summed E-state index contributed by atoms with van der Waals surface area (Å²) in [4.78, 5) is 24.3. The van der Waals surface area contributed by atoms with Crippen molar-refractivity contribution in [3.63, 3.8) is 0 Å². The Hall–Kier alpha value is -2.09. The number of carbonyl (C=O) groups is 2. The van der Waals surface area contributed by atoms with Crippen LogP contribution in [0.1, 0.15) is 18.4 Å². The molecule has 5 nitrogen and oxygen atoms in total. The van der Waals surface area contributed by atoms with Crippen molar-refractivity contribution in [3.05, 3.63) is 29.8 Å². The summed E-state index contributed by atoms with van der Waals surface area (Å²) in [6, 6.07) is 4.68. The zero-order chi connectivity index (χ0) is 17.1. The van der Waals surface area contributed by atoms with Crippen LogP contribution in [0.25, 0.3) is 0 Å². The lowest BCUT2D eigenvalue weighted by atomic mass is 10.0. The normalized spacial score (nSPS) is 15.8. The van der Waals surface area contributed by atoms with Gasteiger partial charge in [-0.25, -0.2) is 0 Å². The lowest BCUT2D eigenvalue weighted by molar-refractivity contribution is -0.137. The quantitative estimate of drug-likeness (QED) is 0.621. The minimum absolute atomic E-state index is 0.240. The van der Waals surface area contributed by atoms with Gasteiger partial charge in [0.05, 0.1) is 17.9 Å². The van der Waals surface area contributed by atoms with Gasteiger partial charge in [0.1, 0.15) is 5.41 Å². The van der Waals surface area contributed by atoms with Crippen molar-refractivity contribution < 1.29 is 27.5 Å². The monoisotopic (exact) mass is 330 g/mol. The third-order valence-corrected chi connectivity index (χ3v) is 3.69. The molecule has 0 spiro atoms. The van der Waals surface area contributed by atoms with Crippen LogP contribution in [0, 0.1) is 5.41 Å². The summed E-state index contributed by atoms with van der Waals surface area (Å²) in [7, 11) is 1.47. The van der Waals surface area contributed by atoms with E-state index in [1.807, 2.05) is 0 Å². The summed E-state index contributed by atoms with van der Waals surface area (Å²) < 4.78 is 43.6. The molecule has 1 aliphatic rings. The fourth-order valence-corrected chi connectivity index (χ4v) is 2.20. The van der Waals surface area contributed by atoms with Crippen molar-refractivity contribution >= 4 is 17.5 Å². The van der Waals surface area contributed by atoms with Gasteiger partial charge in [0.15, 0.2) is 0 Å². The van der Waals surface area contributed by atoms with Gasteiger partial charge in [-0.3, -0.25) is 9.59 Å². The van der Waals surface area contributed by atoms with Gasteiger partial charge >= 0.3 is 6.18 Å². The van der Waals surface area contributed by atoms with E-state index in [1.165, 1.54) is 25.3 Å². The molecule has 1 aromatic carbocycles. The molecule has 0 heterocycles. The smallest absolute Gasteiger partial charge is 0.383 e. The van der Waals surface area contributed by atoms with Crippen LogP contribution in [0.5, 0.6) is 0 Å². The summed E-state index contributed by atoms with van der Waals surface area (Å²) in [5.41, 5.74) is -2.57. The van der Waals surface area contributed by atoms with Crippen LogP contribution in [-0.4, -0.2) is 32.1 Å². The molecule has 23 heavy (non-hydrogen) atoms. The highest BCUT2D eigenvalue weighted by Gasteiger charge is 2.56. The summed E-state index contributed by atoms with van der Waals surface area (Å²) in [5, 5.41) is 4.79. The molecule has 0 saturated heterocycles. The van der Waals surface area contributed by atoms with Crippen LogP contribution in [0.2, 0.25) is 0 Å². The number of methoxy groups -OCH3 is 1. The van der Waals surface area contributed by atoms with Gasteiger partial charge < -0.3 is 15.4 Å². The first-order valence-electron chi connectivity index (χ1n) is 7.06. The molecule has 1 fully saturated rings. The van der Waals surface area contributed by atoms with Gasteiger partial charge in [-0.15, -0.1) is 0 Å². The molecule has 1 aliphatic carbocycles. The van der Waals surface area contributed by atoms with E-state index in [4.69, 9.17) is 4.74 Å². The average Bonchev–Trinajstić information content (AvgIpc) is 3.28. The van der Waals surface area contributed by atoms with Crippen molar-refractivity contribution in [1.82, 2.24) is 5.32 Å². The number of para-hydroxylation sites is 1. The summed E-state index contributed by atoms with van der Waals surface area (Å²) in [5.74, 6) is -1.21. The van der Waals surface area contributed by atoms with E-state index in [2.05, 4.69) is 10.6 Å². The molecule has 0 radical (unpaired) electrons. The van der Waals surface area contributed by atoms with Crippen LogP contribution in [0.3, 0.4) is 0 Å². The first-order valence-corrected chi connectivity index (χ1v) is 7.06. The van der Waals surface area contributed by atoms with Crippen molar-refractivity contribution in [2.24, 2.45) is 5.41 Å². The minimum atomic E-state index is -4.58. The lowest BCUT2D eigenvalue weighted by Crippen LogP contribution is -2.41. The fraction of sp³-hybridized carbons (Fsp3) is 0.467. The van der Waals surface area contributed by atoms with E-state index in [1.54, 1.807) is 0 Å². The summed E-state index contributed by atoms with van der Waals surface area (Å²) in [6.07, 6.45) is -3.96. The van der Waals surface area contributed by atoms with E-state index in [0.29, 0.717) is 19.4 Å². The largest absolute Gasteiger partial charge is 0.418 e. The molecule has 2 rings (SSSR count). The third kappa shape index (κ3) is 3.82. The molecule has 0 atom stereocenters. The Morgan fingerprint density at radius 2 is 1.87 bits per heavy atom. The number of hydrogen-bond acceptors (Lipinski definition) is 3. The van der Waals surface area contributed by atoms with Crippen LogP contribution in [-0.2, 0) is 20.5 Å². The van der Waals surface area contributed by atoms with Gasteiger partial charge in [0.2, 0.25) is 11.8 Å². The summed E-state index contributed by atoms with van der Waals surface area (Å²) in [6.45, 7) is 0.532. The molecule has 0 unspecified atom stereocenters. The number of anilines is 1. The maximum Gasteiger partial charge on any atom is 0.418 e. The van der Waals surface area contributed by atoms with Crippen molar-refractivity contribution in [2.45, 2.75) is 19.0 Å². The molecule has 1 saturated carbocycles. The molecular weight excluding hydrogens is 313 g/mol. The zero-order valence-electron chi connectivity index (χ0n) is 12.5. The molecule has 0 bridgehead atoms. The number of halogens is 3. The van der Waals surface area contributed by atoms with Crippen molar-refractivity contribution in [2.75, 3.05) is 25.6 Å². The number of amides is 2. The van der Waals surface area contributed by atoms with Crippen LogP contribution >= 0.6 is 0 Å². The molecule has 2 amide bonds. The predicted molar refractivity (Wildman–Crippen MR) is 76.6 cm³/mol. The van der Waals surface area contributed by atoms with Gasteiger partial charge in [-0.05, 0) is 25.0 Å². The second-order valence-electron chi connectivity index (χ2n) is 5.33. The van der Waals surface area contributed by atoms with E-state index in [-0.39, 0.29) is 12.2 Å². The molecule has 0 aromatic heterocycles. The fourth-order valence-electron chi connectivity index (χ4n) is 2.20. The topological polar surface area (TPSA) is 67.4 Å². The Bertz CT molecular complexity index is 598. The van der Waals surface area contributed by atoms with Crippen LogP contribution in [0.15, 0.2) is 24.3 Å². The molecule has 126 valence electrons. The number of nitrogens with one attached hydrogen (secondary N) is 2. The third-order valence-electron chi connectivity index (χ3n) is 3.69. The minimum Gasteiger partial charge on any atom is -0.383 e. The number of rotatable bonds is 6. The lowest BCUT2D eigenvalue weighted by Gasteiger charge is -2.18. The predicted octanol–water partition coefficient (Wildman–Crippen LogP) is 2.19. The maximum atomic E-state index is 12.9. The van der Waals surface area contributed by atoms with Gasteiger partial charge in [0.25, 0.3) is 0 Å². The Morgan fingerprint density at radius 1 is 1.22 bits per heavy atom. The number of alkyl halides is 3. The van der Waals surface area contributed by atoms with E-state index in [9.17, 15) is 22.8 Å². The van der Waals surface area contributed by atoms with Gasteiger partial charge in [-0.1, -0.05) is 12.1 Å². The first-order chi connectivity index (χ1) is 10.8. The Morgan fingerprint density at radius 3 is 2.43 bits per heavy atom. The number of hydrogen-bond donors (Lipinski definition) is 2. The van der Waals surface area contributed by atoms with E-state index in [0.717, 1.165) is 6.07 Å². The highest BCUT2D eigenvalue weighted by molar-refractivity contribution is 6.13. The second-order valence-corrected chi connectivity index (χ2v) is 5.33. The SMILES string of the molecule is COCCNC(=O)C1(C(=O)Nc2ccccc2C(F)(F)F)CC1. The van der Waals surface area contributed by atoms with Gasteiger partial charge in [0, 0.05) is 13.7 Å². The van der Waals surface area contributed by atoms with Crippen LogP contribution in [0.4, 0.5) is 18.9 Å². The zero-order valence-corrected chi connectivity index (χ0v) is 12.5. The highest BCUT2D eigenvalue weighted by Crippen LogP contribution is 2.47. The summed E-state index contributed by atoms with van der Waals surface area (Å²) >= 11 is 0. The second kappa shape index (κ2) is 6.57. The molecule has 1 aromatic rings. The molecule has 2 N–H and O–H groups in total. The standard InChI is InChI=1S/C15H17F3N2O3/c1-23-9-8-19-12(21)14(6-7-14)13(22)20-11-5-3-2-4-10(11)15(16,17)18/h2-5H,6-9H2,1H3,(H,19,21)(H,20,22). The van der Waals surface area contributed by atoms with Crippen molar-refractivity contribution in [1.29, 1.82) is 0 Å². The van der Waals surface area contributed by atoms with Crippen LogP contribution < -0.4 is 10.6 Å². The Labute approximate surface area is 131 Å². The molecule has 0 aliphatic heterocycles. The number of ether oxygens (including phenoxy) is 1. The van der Waals surface area contributed by atoms with Gasteiger partial charge in [-0.2, -0.15) is 13.2 Å². The number of benzene rings is 1. The Balaban J connectivity index is 2.09. The van der Waals surface area contributed by atoms with Crippen molar-refractivity contribution in [3.8, 4) is 0 Å². The maximum absolute atomic E-state index is 12.9. The molecule has 8 heteroatoms. The highest BCUT2D eigenvalue weighted by atomic mass is 19.4. The van der Waals surface area contributed by atoms with E-state index < -0.39 is 29.0 Å². The first kappa shape index (κ1) is 17.3. The Kier molecular flexibility index (Phi) is 4.93. The van der Waals surface area contributed by atoms with E-state index >= 15 is 0 Å².